The molecule has 56 heavy (non-hydrogen) atoms. The first-order valence-corrected chi connectivity index (χ1v) is 18.3. The Morgan fingerprint density at radius 3 is 2.21 bits per heavy atom. The van der Waals surface area contributed by atoms with Crippen molar-refractivity contribution in [3.05, 3.63) is 142 Å². The second-order valence-electron chi connectivity index (χ2n) is 14.5. The number of carboxylic acids is 1. The number of anilines is 1. The van der Waals surface area contributed by atoms with Gasteiger partial charge in [0.25, 0.3) is 0 Å². The fraction of sp³-hybridized carbons (Fsp3) is 0.250. The van der Waals surface area contributed by atoms with Crippen LogP contribution in [0.1, 0.15) is 69.6 Å². The summed E-state index contributed by atoms with van der Waals surface area (Å²) in [6.07, 6.45) is 5.19. The molecule has 2 aliphatic heterocycles. The molecule has 6 heterocycles. The Kier molecular flexibility index (Phi) is 12.7. The molecular weight excluding hydrogens is 911 g/mol. The zero-order valence-corrected chi connectivity index (χ0v) is 33.7. The molecule has 0 spiro atoms. The molecule has 2 aliphatic rings. The zero-order chi connectivity index (χ0) is 38.2. The summed E-state index contributed by atoms with van der Waals surface area (Å²) in [5, 5.41) is 10.1. The Bertz CT molecular complexity index is 2530. The van der Waals surface area contributed by atoms with Crippen LogP contribution < -0.4 is 10.5 Å². The van der Waals surface area contributed by atoms with Crippen LogP contribution in [-0.4, -0.2) is 39.1 Å². The van der Waals surface area contributed by atoms with Gasteiger partial charge in [-0.3, -0.25) is 8.78 Å². The normalized spacial score (nSPS) is 14.5. The molecule has 4 aromatic heterocycles. The smallest absolute Gasteiger partial charge is 0.354 e. The largest absolute Gasteiger partial charge is 0.477 e. The third-order valence-electron chi connectivity index (χ3n) is 9.92. The maximum absolute atomic E-state index is 13.2. The van der Waals surface area contributed by atoms with E-state index in [4.69, 9.17) is 14.5 Å². The minimum absolute atomic E-state index is 0. The van der Waals surface area contributed by atoms with Crippen molar-refractivity contribution >= 4 is 44.2 Å². The van der Waals surface area contributed by atoms with Gasteiger partial charge >= 0.3 is 11.6 Å². The summed E-state index contributed by atoms with van der Waals surface area (Å²) >= 11 is 1.54. The van der Waals surface area contributed by atoms with Crippen molar-refractivity contribution in [2.45, 2.75) is 58.8 Å². The number of fused-ring (bicyclic) bond motifs is 3. The molecule has 0 bridgehead atoms. The molecule has 3 aromatic carbocycles. The van der Waals surface area contributed by atoms with Gasteiger partial charge in [-0.25, -0.2) is 19.6 Å². The van der Waals surface area contributed by atoms with Crippen LogP contribution in [0, 0.1) is 17.7 Å². The van der Waals surface area contributed by atoms with Crippen LogP contribution >= 0.6 is 11.3 Å². The Balaban J connectivity index is 0.000000199. The third kappa shape index (κ3) is 8.48. The minimum atomic E-state index is -0.990. The molecule has 1 N–H and O–H groups in total. The number of nitrogens with zero attached hydrogens (tertiary/aromatic N) is 4. The second-order valence-corrected chi connectivity index (χ2v) is 15.6. The number of aromatic carboxylic acids is 1. The summed E-state index contributed by atoms with van der Waals surface area (Å²) in [5.74, 6) is -2.28. The van der Waals surface area contributed by atoms with Crippen molar-refractivity contribution in [3.63, 3.8) is 0 Å². The van der Waals surface area contributed by atoms with Gasteiger partial charge in [-0.15, -0.1) is 23.5 Å². The zero-order valence-electron chi connectivity index (χ0n) is 30.5. The molecule has 9 rings (SSSR count). The van der Waals surface area contributed by atoms with E-state index < -0.39 is 17.6 Å². The maximum atomic E-state index is 13.2. The molecular formula is C44H41F2IrN4O4S-. The van der Waals surface area contributed by atoms with E-state index in [2.05, 4.69) is 54.7 Å². The minimum Gasteiger partial charge on any atom is -0.477 e. The van der Waals surface area contributed by atoms with Crippen LogP contribution in [0.2, 0.25) is 0 Å². The van der Waals surface area contributed by atoms with Gasteiger partial charge in [0.2, 0.25) is 0 Å². The van der Waals surface area contributed by atoms with Crippen molar-refractivity contribution < 1.29 is 43.2 Å². The van der Waals surface area contributed by atoms with Crippen LogP contribution in [0.3, 0.4) is 0 Å². The van der Waals surface area contributed by atoms with E-state index in [0.29, 0.717) is 11.3 Å². The molecule has 8 nitrogen and oxygen atoms in total. The molecule has 291 valence electrons. The van der Waals surface area contributed by atoms with Gasteiger partial charge in [0.15, 0.2) is 0 Å². The number of halogens is 2. The van der Waals surface area contributed by atoms with Gasteiger partial charge in [-0.05, 0) is 77.4 Å². The number of rotatable bonds is 3. The third-order valence-corrected chi connectivity index (χ3v) is 11.0. The molecule has 0 aliphatic carbocycles. The molecule has 0 unspecified atom stereocenters. The number of aromatic nitrogens is 3. The first-order valence-electron chi connectivity index (χ1n) is 17.5. The van der Waals surface area contributed by atoms with Gasteiger partial charge in [0.1, 0.15) is 16.3 Å². The van der Waals surface area contributed by atoms with Crippen LogP contribution in [0.4, 0.5) is 14.5 Å². The number of benzene rings is 3. The van der Waals surface area contributed by atoms with Crippen LogP contribution in [-0.2, 0) is 30.9 Å². The van der Waals surface area contributed by atoms with Crippen molar-refractivity contribution in [1.29, 1.82) is 0 Å². The van der Waals surface area contributed by atoms with Crippen molar-refractivity contribution in [3.8, 4) is 21.8 Å². The van der Waals surface area contributed by atoms with E-state index in [0.717, 1.165) is 64.3 Å². The molecule has 0 fully saturated rings. The predicted molar refractivity (Wildman–Crippen MR) is 215 cm³/mol. The molecule has 0 atom stereocenters. The van der Waals surface area contributed by atoms with E-state index in [1.165, 1.54) is 29.1 Å². The Morgan fingerprint density at radius 1 is 0.911 bits per heavy atom. The van der Waals surface area contributed by atoms with E-state index in [-0.39, 0.29) is 55.2 Å². The number of carbonyl (C=O) groups is 1. The topological polar surface area (TPSA) is 109 Å². The number of thiazole rings is 1. The van der Waals surface area contributed by atoms with Gasteiger partial charge < -0.3 is 19.4 Å². The Labute approximate surface area is 341 Å². The molecule has 12 heteroatoms. The summed E-state index contributed by atoms with van der Waals surface area (Å²) in [6.45, 7) is 11.3. The van der Waals surface area contributed by atoms with E-state index >= 15 is 0 Å². The average molecular weight is 952 g/mol. The molecule has 7 aromatic rings. The number of hydrogen-bond donors (Lipinski definition) is 1. The van der Waals surface area contributed by atoms with Crippen molar-refractivity contribution in [2.75, 3.05) is 18.0 Å². The van der Waals surface area contributed by atoms with Crippen LogP contribution in [0.25, 0.3) is 43.0 Å². The van der Waals surface area contributed by atoms with Crippen LogP contribution in [0.15, 0.2) is 107 Å². The fourth-order valence-electron chi connectivity index (χ4n) is 6.93. The number of pyridine rings is 2. The first kappa shape index (κ1) is 42.0. The van der Waals surface area contributed by atoms with Gasteiger partial charge in [0.05, 0.1) is 15.8 Å². The van der Waals surface area contributed by atoms with Crippen LogP contribution in [0.5, 0.6) is 0 Å². The summed E-state index contributed by atoms with van der Waals surface area (Å²) < 4.78 is 33.0. The quantitative estimate of drug-likeness (QED) is 0.138. The predicted octanol–water partition coefficient (Wildman–Crippen LogP) is 10.5. The number of carboxylic acid groups (broad SMARTS) is 1. The number of para-hydroxylation sites is 1. The molecule has 0 saturated carbocycles. The standard InChI is InChI=1S/C26H26N2O2S.C11H6F2N.C6H5NO2.CH4.Ir/c1-25(2)9-11-28-12-10-26(3,4)20-21(28)17(25)14-15-13-16(24(29)30-22(15)20)23-27-18-7-5-6-8-19(18)31-23;12-8-4-5-9(10(13)7-8)11-3-1-2-6-14-11;8-6(9)5-3-1-2-4-7-5;;/h5-8,13-14H,9-12H2,1-4H3;1-4,6-7H;1-4H,(H,8,9);1H4;/q;-1;;;. The Morgan fingerprint density at radius 2 is 1.59 bits per heavy atom. The summed E-state index contributed by atoms with van der Waals surface area (Å²) in [6, 6.07) is 26.6. The van der Waals surface area contributed by atoms with Crippen molar-refractivity contribution in [2.24, 2.45) is 0 Å². The first-order chi connectivity index (χ1) is 25.8. The van der Waals surface area contributed by atoms with E-state index in [1.54, 1.807) is 47.9 Å². The van der Waals surface area contributed by atoms with E-state index in [9.17, 15) is 18.4 Å². The molecule has 1 radical (unpaired) electrons. The SMILES string of the molecule is C.CC1(C)CCN2CCC(C)(C)c3c2c1cc1cc(-c2nc4ccccc4s2)c(=O)oc31.Fc1c[c-]c(-c2ccccn2)c(F)c1.O=C(O)c1ccccn1.[Ir]. The Hall–Kier alpha value is -5.16. The summed E-state index contributed by atoms with van der Waals surface area (Å²) in [4.78, 5) is 38.0. The second kappa shape index (κ2) is 16.9. The fourth-order valence-corrected chi connectivity index (χ4v) is 7.90. The molecule has 0 amide bonds. The van der Waals surface area contributed by atoms with Gasteiger partial charge in [-0.2, -0.15) is 0 Å². The van der Waals surface area contributed by atoms with Crippen molar-refractivity contribution in [1.82, 2.24) is 15.0 Å². The number of hydrogen-bond acceptors (Lipinski definition) is 8. The average Bonchev–Trinajstić information content (AvgIpc) is 3.59. The summed E-state index contributed by atoms with van der Waals surface area (Å²) in [7, 11) is 0. The van der Waals surface area contributed by atoms with Gasteiger partial charge in [0, 0.05) is 73.9 Å². The van der Waals surface area contributed by atoms with E-state index in [1.807, 2.05) is 30.3 Å². The maximum Gasteiger partial charge on any atom is 0.354 e. The monoisotopic (exact) mass is 952 g/mol. The van der Waals surface area contributed by atoms with Gasteiger partial charge in [-0.1, -0.05) is 77.1 Å². The summed E-state index contributed by atoms with van der Waals surface area (Å²) in [5.41, 5.74) is 6.57. The molecule has 0 saturated heterocycles.